The Labute approximate surface area is 99.8 Å². The fourth-order valence-electron chi connectivity index (χ4n) is 1.38. The Hall–Kier alpha value is -1.50. The lowest BCUT2D eigenvalue weighted by atomic mass is 9.99. The van der Waals surface area contributed by atoms with Gasteiger partial charge >= 0.3 is 5.97 Å². The van der Waals surface area contributed by atoms with Crippen LogP contribution in [0.3, 0.4) is 0 Å². The molecular weight excluding hydrogens is 224 g/mol. The number of aliphatic carboxylic acids is 1. The number of hydrogen-bond donors (Lipinski definition) is 1. The molecule has 96 valence electrons. The van der Waals surface area contributed by atoms with Gasteiger partial charge in [-0.15, -0.1) is 5.10 Å². The maximum atomic E-state index is 11.3. The quantitative estimate of drug-likeness (QED) is 0.711. The van der Waals surface area contributed by atoms with Gasteiger partial charge < -0.3 is 9.84 Å². The van der Waals surface area contributed by atoms with E-state index in [0.717, 1.165) is 6.42 Å². The number of tetrazole rings is 1. The summed E-state index contributed by atoms with van der Waals surface area (Å²) in [4.78, 5) is 11.3. The van der Waals surface area contributed by atoms with Gasteiger partial charge in [-0.1, -0.05) is 13.8 Å². The summed E-state index contributed by atoms with van der Waals surface area (Å²) in [6, 6.07) is 0. The van der Waals surface area contributed by atoms with Crippen molar-refractivity contribution in [1.82, 2.24) is 20.2 Å². The molecule has 0 radical (unpaired) electrons. The van der Waals surface area contributed by atoms with E-state index in [1.54, 1.807) is 13.8 Å². The van der Waals surface area contributed by atoms with Crippen LogP contribution in [0.15, 0.2) is 0 Å². The van der Waals surface area contributed by atoms with Crippen molar-refractivity contribution in [3.05, 3.63) is 5.82 Å². The number of hydrogen-bond acceptors (Lipinski definition) is 5. The van der Waals surface area contributed by atoms with Crippen molar-refractivity contribution >= 4 is 5.97 Å². The lowest BCUT2D eigenvalue weighted by molar-refractivity contribution is -0.147. The first-order valence-corrected chi connectivity index (χ1v) is 5.65. The van der Waals surface area contributed by atoms with Crippen LogP contribution in [0.1, 0.15) is 39.4 Å². The highest BCUT2D eigenvalue weighted by molar-refractivity contribution is 5.76. The molecule has 1 heterocycles. The fraction of sp³-hybridized carbons (Fsp3) is 0.800. The largest absolute Gasteiger partial charge is 0.479 e. The predicted octanol–water partition coefficient (Wildman–Crippen LogP) is 0.810. The van der Waals surface area contributed by atoms with Gasteiger partial charge in [0.1, 0.15) is 6.61 Å². The van der Waals surface area contributed by atoms with E-state index in [0.29, 0.717) is 18.9 Å². The van der Waals surface area contributed by atoms with Gasteiger partial charge in [-0.25, -0.2) is 9.48 Å². The van der Waals surface area contributed by atoms with Crippen LogP contribution in [0.4, 0.5) is 0 Å². The Kier molecular flexibility index (Phi) is 4.56. The minimum absolute atomic E-state index is 0.226. The van der Waals surface area contributed by atoms with Gasteiger partial charge in [0.2, 0.25) is 0 Å². The zero-order valence-electron chi connectivity index (χ0n) is 10.4. The molecule has 1 aromatic rings. The van der Waals surface area contributed by atoms with Gasteiger partial charge in [0.05, 0.1) is 0 Å². The second-order valence-corrected chi connectivity index (χ2v) is 3.99. The first-order chi connectivity index (χ1) is 8.06. The van der Waals surface area contributed by atoms with E-state index in [1.807, 2.05) is 6.92 Å². The van der Waals surface area contributed by atoms with E-state index < -0.39 is 11.5 Å². The van der Waals surface area contributed by atoms with Gasteiger partial charge in [-0.3, -0.25) is 0 Å². The Morgan fingerprint density at radius 2 is 2.24 bits per heavy atom. The lowest BCUT2D eigenvalue weighted by Crippen LogP contribution is -2.40. The molecule has 0 aromatic carbocycles. The number of aromatic nitrogens is 4. The molecule has 7 nitrogen and oxygen atoms in total. The summed E-state index contributed by atoms with van der Waals surface area (Å²) in [5.41, 5.74) is -1.13. The number of carboxylic acids is 1. The molecule has 1 unspecified atom stereocenters. The van der Waals surface area contributed by atoms with E-state index in [4.69, 9.17) is 4.74 Å². The number of ether oxygens (including phenoxy) is 1. The second-order valence-electron chi connectivity index (χ2n) is 3.99. The highest BCUT2D eigenvalue weighted by atomic mass is 16.5. The third-order valence-electron chi connectivity index (χ3n) is 2.73. The molecule has 0 amide bonds. The normalized spacial score (nSPS) is 14.5. The van der Waals surface area contributed by atoms with Crippen LogP contribution >= 0.6 is 0 Å². The SMILES string of the molecule is CCCOCc1nnnn1C(C)(CC)C(=O)O. The maximum Gasteiger partial charge on any atom is 0.331 e. The van der Waals surface area contributed by atoms with Crippen molar-refractivity contribution in [2.24, 2.45) is 0 Å². The van der Waals surface area contributed by atoms with Crippen LogP contribution in [-0.2, 0) is 21.7 Å². The fourth-order valence-corrected chi connectivity index (χ4v) is 1.38. The molecule has 7 heteroatoms. The van der Waals surface area contributed by atoms with Crippen LogP contribution in [0.5, 0.6) is 0 Å². The molecule has 0 saturated carbocycles. The summed E-state index contributed by atoms with van der Waals surface area (Å²) in [7, 11) is 0. The number of rotatable bonds is 7. The standard InChI is InChI=1S/C10H18N4O3/c1-4-6-17-7-8-11-12-13-14(8)10(3,5-2)9(15)16/h4-7H2,1-3H3,(H,15,16). The molecule has 1 N–H and O–H groups in total. The molecular formula is C10H18N4O3. The van der Waals surface area contributed by atoms with Crippen LogP contribution < -0.4 is 0 Å². The smallest absolute Gasteiger partial charge is 0.331 e. The highest BCUT2D eigenvalue weighted by Gasteiger charge is 2.36. The molecule has 0 fully saturated rings. The summed E-state index contributed by atoms with van der Waals surface area (Å²) in [5.74, 6) is -0.519. The average Bonchev–Trinajstić information content (AvgIpc) is 2.77. The zero-order valence-corrected chi connectivity index (χ0v) is 10.4. The Morgan fingerprint density at radius 3 is 2.76 bits per heavy atom. The summed E-state index contributed by atoms with van der Waals surface area (Å²) >= 11 is 0. The summed E-state index contributed by atoms with van der Waals surface area (Å²) < 4.78 is 6.66. The summed E-state index contributed by atoms with van der Waals surface area (Å²) in [6.07, 6.45) is 1.29. The van der Waals surface area contributed by atoms with Gasteiger partial charge in [0.15, 0.2) is 11.4 Å². The third kappa shape index (κ3) is 2.79. The maximum absolute atomic E-state index is 11.3. The lowest BCUT2D eigenvalue weighted by Gasteiger charge is -2.23. The van der Waals surface area contributed by atoms with E-state index in [-0.39, 0.29) is 6.61 Å². The van der Waals surface area contributed by atoms with Crippen LogP contribution in [-0.4, -0.2) is 37.9 Å². The average molecular weight is 242 g/mol. The summed E-state index contributed by atoms with van der Waals surface area (Å²) in [6.45, 7) is 6.20. The second kappa shape index (κ2) is 5.72. The molecule has 0 saturated heterocycles. The van der Waals surface area contributed by atoms with Crippen molar-refractivity contribution in [3.63, 3.8) is 0 Å². The molecule has 0 spiro atoms. The summed E-state index contributed by atoms with van der Waals surface area (Å²) in [5, 5.41) is 20.3. The first kappa shape index (κ1) is 13.6. The van der Waals surface area contributed by atoms with Crippen LogP contribution in [0, 0.1) is 0 Å². The molecule has 1 aromatic heterocycles. The van der Waals surface area contributed by atoms with E-state index in [1.165, 1.54) is 4.68 Å². The minimum Gasteiger partial charge on any atom is -0.479 e. The van der Waals surface area contributed by atoms with Crippen LogP contribution in [0.25, 0.3) is 0 Å². The monoisotopic (exact) mass is 242 g/mol. The first-order valence-electron chi connectivity index (χ1n) is 5.65. The highest BCUT2D eigenvalue weighted by Crippen LogP contribution is 2.20. The van der Waals surface area contributed by atoms with Gasteiger partial charge in [-0.2, -0.15) is 0 Å². The minimum atomic E-state index is -1.13. The molecule has 1 rings (SSSR count). The molecule has 17 heavy (non-hydrogen) atoms. The van der Waals surface area contributed by atoms with Crippen molar-refractivity contribution < 1.29 is 14.6 Å². The van der Waals surface area contributed by atoms with E-state index >= 15 is 0 Å². The Balaban J connectivity index is 2.90. The van der Waals surface area contributed by atoms with Crippen molar-refractivity contribution in [2.45, 2.75) is 45.8 Å². The van der Waals surface area contributed by atoms with E-state index in [2.05, 4.69) is 15.5 Å². The molecule has 0 bridgehead atoms. The van der Waals surface area contributed by atoms with Crippen LogP contribution in [0.2, 0.25) is 0 Å². The van der Waals surface area contributed by atoms with Gasteiger partial charge in [0, 0.05) is 6.61 Å². The van der Waals surface area contributed by atoms with Crippen molar-refractivity contribution in [2.75, 3.05) is 6.61 Å². The molecule has 0 aliphatic carbocycles. The molecule has 1 atom stereocenters. The Bertz CT molecular complexity index is 379. The van der Waals surface area contributed by atoms with E-state index in [9.17, 15) is 9.90 Å². The number of carbonyl (C=O) groups is 1. The Morgan fingerprint density at radius 1 is 1.53 bits per heavy atom. The number of nitrogens with zero attached hydrogens (tertiary/aromatic N) is 4. The molecule has 0 aliphatic heterocycles. The molecule has 0 aliphatic rings. The number of carboxylic acid groups (broad SMARTS) is 1. The van der Waals surface area contributed by atoms with Crippen molar-refractivity contribution in [1.29, 1.82) is 0 Å². The third-order valence-corrected chi connectivity index (χ3v) is 2.73. The zero-order chi connectivity index (χ0) is 12.9. The topological polar surface area (TPSA) is 90.1 Å². The van der Waals surface area contributed by atoms with Gasteiger partial charge in [0.25, 0.3) is 0 Å². The van der Waals surface area contributed by atoms with Gasteiger partial charge in [-0.05, 0) is 30.2 Å². The predicted molar refractivity (Wildman–Crippen MR) is 59.3 cm³/mol. The van der Waals surface area contributed by atoms with Crippen molar-refractivity contribution in [3.8, 4) is 0 Å².